The summed E-state index contributed by atoms with van der Waals surface area (Å²) in [6.45, 7) is 3.56. The second-order valence-electron chi connectivity index (χ2n) is 6.33. The van der Waals surface area contributed by atoms with Gasteiger partial charge in [-0.3, -0.25) is 4.79 Å². The number of rotatable bonds is 8. The molecule has 27 heavy (non-hydrogen) atoms. The number of hydrogen-bond donors (Lipinski definition) is 2. The van der Waals surface area contributed by atoms with E-state index in [-0.39, 0.29) is 11.5 Å². The van der Waals surface area contributed by atoms with Crippen LogP contribution >= 0.6 is 11.8 Å². The van der Waals surface area contributed by atoms with Gasteiger partial charge in [0.2, 0.25) is 5.82 Å². The van der Waals surface area contributed by atoms with E-state index in [0.29, 0.717) is 11.4 Å². The number of tetrazole rings is 1. The fourth-order valence-corrected chi connectivity index (χ4v) is 3.96. The smallest absolute Gasteiger partial charge is 0.204 e. The molecule has 0 amide bonds. The fourth-order valence-electron chi connectivity index (χ4n) is 2.94. The molecule has 0 radical (unpaired) electrons. The van der Waals surface area contributed by atoms with E-state index in [2.05, 4.69) is 39.7 Å². The largest absolute Gasteiger partial charge is 0.507 e. The van der Waals surface area contributed by atoms with Crippen LogP contribution < -0.4 is 0 Å². The van der Waals surface area contributed by atoms with E-state index in [4.69, 9.17) is 0 Å². The van der Waals surface area contributed by atoms with Crippen molar-refractivity contribution >= 4 is 17.5 Å². The van der Waals surface area contributed by atoms with Gasteiger partial charge in [0.25, 0.3) is 0 Å². The van der Waals surface area contributed by atoms with Gasteiger partial charge >= 0.3 is 0 Å². The molecular weight excluding hydrogens is 360 g/mol. The highest BCUT2D eigenvalue weighted by atomic mass is 32.2. The first kappa shape index (κ1) is 19.1. The Morgan fingerprint density at radius 1 is 1.15 bits per heavy atom. The van der Waals surface area contributed by atoms with Crippen LogP contribution in [0, 0.1) is 0 Å². The minimum atomic E-state index is -0.106. The number of nitrogens with one attached hydrogen (secondary N) is 1. The summed E-state index contributed by atoms with van der Waals surface area (Å²) < 4.78 is 0. The lowest BCUT2D eigenvalue weighted by Crippen LogP contribution is -2.00. The molecule has 3 aromatic rings. The Balaban J connectivity index is 1.66. The summed E-state index contributed by atoms with van der Waals surface area (Å²) >= 11 is 1.78. The molecule has 0 unspecified atom stereocenters. The van der Waals surface area contributed by atoms with E-state index in [9.17, 15) is 9.90 Å². The monoisotopic (exact) mass is 382 g/mol. The molecule has 6 nitrogen and oxygen atoms in total. The van der Waals surface area contributed by atoms with Crippen molar-refractivity contribution in [2.75, 3.05) is 0 Å². The summed E-state index contributed by atoms with van der Waals surface area (Å²) in [5.41, 5.74) is 4.52. The third kappa shape index (κ3) is 4.54. The van der Waals surface area contributed by atoms with Crippen LogP contribution in [0.2, 0.25) is 0 Å². The first-order valence-corrected chi connectivity index (χ1v) is 10.0. The van der Waals surface area contributed by atoms with Gasteiger partial charge in [0.15, 0.2) is 5.78 Å². The molecule has 0 aliphatic rings. The van der Waals surface area contributed by atoms with Crippen LogP contribution in [0.25, 0.3) is 11.4 Å². The SMILES string of the molecule is CCCc1c(CSCc2ccc(-c3nn[nH]n3)cc2)ccc(C(C)=O)c1O. The van der Waals surface area contributed by atoms with Gasteiger partial charge in [0.05, 0.1) is 5.56 Å². The minimum absolute atomic E-state index is 0.106. The highest BCUT2D eigenvalue weighted by Gasteiger charge is 2.14. The van der Waals surface area contributed by atoms with Crippen LogP contribution in [-0.2, 0) is 17.9 Å². The van der Waals surface area contributed by atoms with Crippen LogP contribution in [0.5, 0.6) is 5.75 Å². The van der Waals surface area contributed by atoms with Gasteiger partial charge in [0.1, 0.15) is 5.75 Å². The Kier molecular flexibility index (Phi) is 6.24. The Morgan fingerprint density at radius 2 is 1.93 bits per heavy atom. The number of aromatic amines is 1. The number of phenolic OH excluding ortho intramolecular Hbond substituents is 1. The van der Waals surface area contributed by atoms with Gasteiger partial charge in [-0.25, -0.2) is 0 Å². The Bertz CT molecular complexity index is 908. The lowest BCUT2D eigenvalue weighted by Gasteiger charge is -2.13. The maximum absolute atomic E-state index is 11.7. The van der Waals surface area contributed by atoms with Gasteiger partial charge in [-0.15, -0.1) is 10.2 Å². The fraction of sp³-hybridized carbons (Fsp3) is 0.300. The molecule has 0 fully saturated rings. The Morgan fingerprint density at radius 3 is 2.56 bits per heavy atom. The summed E-state index contributed by atoms with van der Waals surface area (Å²) in [6.07, 6.45) is 1.69. The molecule has 0 bridgehead atoms. The van der Waals surface area contributed by atoms with Gasteiger partial charge in [-0.2, -0.15) is 17.0 Å². The maximum atomic E-state index is 11.7. The van der Waals surface area contributed by atoms with Gasteiger partial charge < -0.3 is 5.11 Å². The quantitative estimate of drug-likeness (QED) is 0.568. The van der Waals surface area contributed by atoms with E-state index in [1.165, 1.54) is 12.5 Å². The Labute approximate surface area is 162 Å². The Hall–Kier alpha value is -2.67. The lowest BCUT2D eigenvalue weighted by molar-refractivity contribution is 0.101. The molecule has 0 saturated heterocycles. The molecule has 140 valence electrons. The number of carbonyl (C=O) groups is 1. The maximum Gasteiger partial charge on any atom is 0.204 e. The number of ketones is 1. The third-order valence-electron chi connectivity index (χ3n) is 4.34. The topological polar surface area (TPSA) is 91.8 Å². The molecule has 0 aliphatic heterocycles. The number of benzene rings is 2. The van der Waals surface area contributed by atoms with E-state index < -0.39 is 0 Å². The second-order valence-corrected chi connectivity index (χ2v) is 7.32. The van der Waals surface area contributed by atoms with Crippen molar-refractivity contribution in [3.8, 4) is 17.1 Å². The van der Waals surface area contributed by atoms with E-state index in [0.717, 1.165) is 41.0 Å². The van der Waals surface area contributed by atoms with Gasteiger partial charge in [-0.1, -0.05) is 43.7 Å². The molecule has 7 heteroatoms. The average Bonchev–Trinajstić information content (AvgIpc) is 3.19. The highest BCUT2D eigenvalue weighted by Crippen LogP contribution is 2.31. The molecule has 0 atom stereocenters. The normalized spacial score (nSPS) is 10.9. The highest BCUT2D eigenvalue weighted by molar-refractivity contribution is 7.97. The van der Waals surface area contributed by atoms with Crippen LogP contribution in [0.4, 0.5) is 0 Å². The zero-order chi connectivity index (χ0) is 19.2. The number of aromatic nitrogens is 4. The molecule has 1 heterocycles. The number of H-pyrrole nitrogens is 1. The molecule has 2 N–H and O–H groups in total. The first-order valence-electron chi connectivity index (χ1n) is 8.85. The molecule has 3 rings (SSSR count). The van der Waals surface area contributed by atoms with Crippen molar-refractivity contribution < 1.29 is 9.90 Å². The van der Waals surface area contributed by atoms with Crippen LogP contribution in [0.1, 0.15) is 47.3 Å². The average molecular weight is 382 g/mol. The molecule has 0 aliphatic carbocycles. The number of nitrogens with zero attached hydrogens (tertiary/aromatic N) is 3. The van der Waals surface area contributed by atoms with E-state index in [1.807, 2.05) is 18.2 Å². The van der Waals surface area contributed by atoms with Gasteiger partial charge in [0, 0.05) is 17.1 Å². The van der Waals surface area contributed by atoms with Crippen LogP contribution in [0.3, 0.4) is 0 Å². The van der Waals surface area contributed by atoms with E-state index in [1.54, 1.807) is 17.8 Å². The summed E-state index contributed by atoms with van der Waals surface area (Å²) in [5.74, 6) is 2.26. The number of hydrogen-bond acceptors (Lipinski definition) is 6. The summed E-state index contributed by atoms with van der Waals surface area (Å²) in [5, 5.41) is 24.4. The van der Waals surface area contributed by atoms with E-state index >= 15 is 0 Å². The minimum Gasteiger partial charge on any atom is -0.507 e. The summed E-state index contributed by atoms with van der Waals surface area (Å²) in [6, 6.07) is 11.8. The summed E-state index contributed by atoms with van der Waals surface area (Å²) in [4.78, 5) is 11.7. The van der Waals surface area contributed by atoms with Crippen molar-refractivity contribution in [2.24, 2.45) is 0 Å². The molecule has 0 saturated carbocycles. The zero-order valence-corrected chi connectivity index (χ0v) is 16.2. The lowest BCUT2D eigenvalue weighted by atomic mass is 9.98. The number of Topliss-reactive ketones (excluding diaryl/α,β-unsaturated/α-hetero) is 1. The third-order valence-corrected chi connectivity index (χ3v) is 5.40. The van der Waals surface area contributed by atoms with Crippen molar-refractivity contribution in [1.29, 1.82) is 0 Å². The zero-order valence-electron chi connectivity index (χ0n) is 15.4. The molecular formula is C20H22N4O2S. The number of aromatic hydroxyl groups is 1. The standard InChI is InChI=1S/C20H22N4O2S/c1-3-4-18-16(9-10-17(13(2)25)19(18)26)12-27-11-14-5-7-15(8-6-14)20-21-23-24-22-20/h5-10,26H,3-4,11-12H2,1-2H3,(H,21,22,23,24). The number of carbonyl (C=O) groups excluding carboxylic acids is 1. The summed E-state index contributed by atoms with van der Waals surface area (Å²) in [7, 11) is 0. The second kappa shape index (κ2) is 8.81. The predicted octanol–water partition coefficient (Wildman–Crippen LogP) is 4.16. The van der Waals surface area contributed by atoms with Crippen LogP contribution in [0.15, 0.2) is 36.4 Å². The molecule has 0 spiro atoms. The van der Waals surface area contributed by atoms with Crippen LogP contribution in [-0.4, -0.2) is 31.5 Å². The molecule has 2 aromatic carbocycles. The van der Waals surface area contributed by atoms with Crippen molar-refractivity contribution in [3.05, 3.63) is 58.7 Å². The van der Waals surface area contributed by atoms with Gasteiger partial charge in [-0.05, 0) is 41.3 Å². The number of thioether (sulfide) groups is 1. The first-order chi connectivity index (χ1) is 13.1. The predicted molar refractivity (Wildman–Crippen MR) is 107 cm³/mol. The molecule has 1 aromatic heterocycles. The van der Waals surface area contributed by atoms with Crippen molar-refractivity contribution in [3.63, 3.8) is 0 Å². The number of phenols is 1. The van der Waals surface area contributed by atoms with Crippen molar-refractivity contribution in [1.82, 2.24) is 20.6 Å². The van der Waals surface area contributed by atoms with Crippen molar-refractivity contribution in [2.45, 2.75) is 38.2 Å².